The third-order valence-corrected chi connectivity index (χ3v) is 4.26. The highest BCUT2D eigenvalue weighted by Crippen LogP contribution is 2.20. The maximum atomic E-state index is 12.2. The smallest absolute Gasteiger partial charge is 0.277 e. The Hall–Kier alpha value is -2.47. The van der Waals surface area contributed by atoms with Gasteiger partial charge in [-0.1, -0.05) is 51.5 Å². The van der Waals surface area contributed by atoms with E-state index in [1.54, 1.807) is 10.9 Å². The van der Waals surface area contributed by atoms with Crippen LogP contribution in [0.4, 0.5) is 5.69 Å². The maximum absolute atomic E-state index is 12.2. The van der Waals surface area contributed by atoms with Crippen LogP contribution in [0.2, 0.25) is 0 Å². The molecule has 3 aromatic rings. The van der Waals surface area contributed by atoms with Crippen molar-refractivity contribution in [3.63, 3.8) is 0 Å². The van der Waals surface area contributed by atoms with Crippen LogP contribution in [0, 0.1) is 6.92 Å². The van der Waals surface area contributed by atoms with Crippen LogP contribution >= 0.6 is 15.9 Å². The molecule has 0 saturated carbocycles. The summed E-state index contributed by atoms with van der Waals surface area (Å²) in [7, 11) is 0. The van der Waals surface area contributed by atoms with Crippen molar-refractivity contribution in [3.05, 3.63) is 76.0 Å². The number of amides is 1. The number of hydrogen-bond donors (Lipinski definition) is 1. The van der Waals surface area contributed by atoms with E-state index in [4.69, 9.17) is 0 Å². The molecule has 0 unspecified atom stereocenters. The van der Waals surface area contributed by atoms with Crippen LogP contribution in [0.3, 0.4) is 0 Å². The lowest BCUT2D eigenvalue weighted by Gasteiger charge is -2.05. The van der Waals surface area contributed by atoms with Crippen molar-refractivity contribution in [1.82, 2.24) is 15.0 Å². The zero-order valence-corrected chi connectivity index (χ0v) is 14.1. The second-order valence-electron chi connectivity index (χ2n) is 5.21. The van der Waals surface area contributed by atoms with Gasteiger partial charge in [0, 0.05) is 10.2 Å². The fourth-order valence-corrected chi connectivity index (χ4v) is 2.41. The third kappa shape index (κ3) is 3.84. The van der Waals surface area contributed by atoms with E-state index in [-0.39, 0.29) is 5.91 Å². The molecule has 0 radical (unpaired) electrons. The van der Waals surface area contributed by atoms with Crippen LogP contribution in [-0.4, -0.2) is 20.9 Å². The number of nitrogens with one attached hydrogen (secondary N) is 1. The zero-order valence-electron chi connectivity index (χ0n) is 12.5. The van der Waals surface area contributed by atoms with Crippen LogP contribution in [0.1, 0.15) is 21.6 Å². The van der Waals surface area contributed by atoms with Crippen molar-refractivity contribution < 1.29 is 4.79 Å². The highest BCUT2D eigenvalue weighted by Gasteiger charge is 2.11. The molecule has 0 aliphatic carbocycles. The maximum Gasteiger partial charge on any atom is 0.277 e. The van der Waals surface area contributed by atoms with Gasteiger partial charge in [0.05, 0.1) is 12.7 Å². The Kier molecular flexibility index (Phi) is 4.52. The monoisotopic (exact) mass is 370 g/mol. The molecule has 1 amide bonds. The van der Waals surface area contributed by atoms with Crippen molar-refractivity contribution >= 4 is 27.5 Å². The summed E-state index contributed by atoms with van der Waals surface area (Å²) < 4.78 is 2.65. The van der Waals surface area contributed by atoms with Crippen LogP contribution in [0.15, 0.2) is 59.2 Å². The van der Waals surface area contributed by atoms with Gasteiger partial charge in [0.25, 0.3) is 5.91 Å². The Bertz CT molecular complexity index is 830. The fourth-order valence-electron chi connectivity index (χ4n) is 2.17. The summed E-state index contributed by atoms with van der Waals surface area (Å²) in [6.45, 7) is 2.55. The van der Waals surface area contributed by atoms with E-state index in [0.717, 1.165) is 21.3 Å². The van der Waals surface area contributed by atoms with Gasteiger partial charge in [0.15, 0.2) is 5.69 Å². The van der Waals surface area contributed by atoms with Gasteiger partial charge in [0.2, 0.25) is 0 Å². The van der Waals surface area contributed by atoms with Crippen LogP contribution < -0.4 is 5.32 Å². The normalized spacial score (nSPS) is 10.5. The predicted octanol–water partition coefficient (Wildman–Crippen LogP) is 3.65. The van der Waals surface area contributed by atoms with Gasteiger partial charge in [-0.3, -0.25) is 4.79 Å². The van der Waals surface area contributed by atoms with E-state index < -0.39 is 0 Å². The number of nitrogens with zero attached hydrogens (tertiary/aromatic N) is 3. The minimum absolute atomic E-state index is 0.272. The first-order chi connectivity index (χ1) is 11.1. The van der Waals surface area contributed by atoms with Gasteiger partial charge in [0.1, 0.15) is 0 Å². The Morgan fingerprint density at radius 3 is 2.74 bits per heavy atom. The van der Waals surface area contributed by atoms with E-state index in [9.17, 15) is 4.79 Å². The molecule has 1 aromatic heterocycles. The predicted molar refractivity (Wildman–Crippen MR) is 92.4 cm³/mol. The molecule has 0 aliphatic rings. The number of carbonyl (C=O) groups excluding carboxylic acids is 1. The average molecular weight is 371 g/mol. The Morgan fingerprint density at radius 2 is 2.00 bits per heavy atom. The molecule has 0 bridgehead atoms. The van der Waals surface area contributed by atoms with E-state index in [1.807, 2.05) is 55.5 Å². The number of carbonyl (C=O) groups is 1. The lowest BCUT2D eigenvalue weighted by molar-refractivity contribution is 0.102. The molecule has 6 heteroatoms. The van der Waals surface area contributed by atoms with Crippen molar-refractivity contribution in [2.45, 2.75) is 13.5 Å². The molecule has 0 atom stereocenters. The SMILES string of the molecule is Cc1cc(NC(=O)c2cn(Cc3ccccc3)nn2)ccc1Br. The van der Waals surface area contributed by atoms with Gasteiger partial charge in [-0.25, -0.2) is 4.68 Å². The number of aromatic nitrogens is 3. The van der Waals surface area contributed by atoms with Crippen molar-refractivity contribution in [1.29, 1.82) is 0 Å². The van der Waals surface area contributed by atoms with Gasteiger partial charge in [-0.05, 0) is 36.2 Å². The van der Waals surface area contributed by atoms with Crippen LogP contribution in [0.5, 0.6) is 0 Å². The molecule has 0 aliphatic heterocycles. The number of aryl methyl sites for hydroxylation is 1. The lowest BCUT2D eigenvalue weighted by Crippen LogP contribution is -2.12. The summed E-state index contributed by atoms with van der Waals surface area (Å²) in [5.74, 6) is -0.272. The molecule has 1 N–H and O–H groups in total. The molecule has 0 fully saturated rings. The number of benzene rings is 2. The number of hydrogen-bond acceptors (Lipinski definition) is 3. The summed E-state index contributed by atoms with van der Waals surface area (Å²) in [6, 6.07) is 15.5. The molecular weight excluding hydrogens is 356 g/mol. The summed E-state index contributed by atoms with van der Waals surface area (Å²) in [5.41, 5.74) is 3.18. The second-order valence-corrected chi connectivity index (χ2v) is 6.06. The second kappa shape index (κ2) is 6.75. The van der Waals surface area contributed by atoms with E-state index >= 15 is 0 Å². The summed E-state index contributed by atoms with van der Waals surface area (Å²) in [4.78, 5) is 12.2. The first kappa shape index (κ1) is 15.4. The van der Waals surface area contributed by atoms with Gasteiger partial charge >= 0.3 is 0 Å². The van der Waals surface area contributed by atoms with Crippen molar-refractivity contribution in [2.75, 3.05) is 5.32 Å². The van der Waals surface area contributed by atoms with Crippen molar-refractivity contribution in [3.8, 4) is 0 Å². The highest BCUT2D eigenvalue weighted by atomic mass is 79.9. The third-order valence-electron chi connectivity index (χ3n) is 3.37. The summed E-state index contributed by atoms with van der Waals surface area (Å²) in [5, 5.41) is 10.8. The van der Waals surface area contributed by atoms with Crippen molar-refractivity contribution in [2.24, 2.45) is 0 Å². The number of rotatable bonds is 4. The van der Waals surface area contributed by atoms with E-state index in [1.165, 1.54) is 0 Å². The lowest BCUT2D eigenvalue weighted by atomic mass is 10.2. The van der Waals surface area contributed by atoms with Crippen LogP contribution in [0.25, 0.3) is 0 Å². The molecule has 0 spiro atoms. The van der Waals surface area contributed by atoms with Gasteiger partial charge < -0.3 is 5.32 Å². The molecule has 0 saturated heterocycles. The first-order valence-electron chi connectivity index (χ1n) is 7.13. The Labute approximate surface area is 142 Å². The molecule has 23 heavy (non-hydrogen) atoms. The molecule has 5 nitrogen and oxygen atoms in total. The largest absolute Gasteiger partial charge is 0.321 e. The molecular formula is C17H15BrN4O. The first-order valence-corrected chi connectivity index (χ1v) is 7.93. The molecule has 1 heterocycles. The highest BCUT2D eigenvalue weighted by molar-refractivity contribution is 9.10. The molecule has 2 aromatic carbocycles. The van der Waals surface area contributed by atoms with Gasteiger partial charge in [-0.15, -0.1) is 5.10 Å². The fraction of sp³-hybridized carbons (Fsp3) is 0.118. The minimum Gasteiger partial charge on any atom is -0.321 e. The van der Waals surface area contributed by atoms with Crippen LogP contribution in [-0.2, 0) is 6.54 Å². The quantitative estimate of drug-likeness (QED) is 0.762. The Balaban J connectivity index is 1.69. The summed E-state index contributed by atoms with van der Waals surface area (Å²) >= 11 is 3.44. The van der Waals surface area contributed by atoms with E-state index in [2.05, 4.69) is 31.6 Å². The number of halogens is 1. The zero-order chi connectivity index (χ0) is 16.2. The average Bonchev–Trinajstić information content (AvgIpc) is 3.00. The minimum atomic E-state index is -0.272. The topological polar surface area (TPSA) is 59.8 Å². The standard InChI is InChI=1S/C17H15BrN4O/c1-12-9-14(7-8-15(12)18)19-17(23)16-11-22(21-20-16)10-13-5-3-2-4-6-13/h2-9,11H,10H2,1H3,(H,19,23). The molecule has 3 rings (SSSR count). The number of anilines is 1. The Morgan fingerprint density at radius 1 is 1.22 bits per heavy atom. The molecule has 116 valence electrons. The summed E-state index contributed by atoms with van der Waals surface area (Å²) in [6.07, 6.45) is 1.65. The van der Waals surface area contributed by atoms with Gasteiger partial charge in [-0.2, -0.15) is 0 Å². The van der Waals surface area contributed by atoms with E-state index in [0.29, 0.717) is 12.2 Å².